The van der Waals surface area contributed by atoms with Gasteiger partial charge in [-0.2, -0.15) is 0 Å². The van der Waals surface area contributed by atoms with E-state index < -0.39 is 8.07 Å². The van der Waals surface area contributed by atoms with Gasteiger partial charge in [0.15, 0.2) is 5.13 Å². The molecule has 0 fully saturated rings. The van der Waals surface area contributed by atoms with Gasteiger partial charge in [0.1, 0.15) is 5.82 Å². The van der Waals surface area contributed by atoms with Crippen LogP contribution in [-0.2, 0) is 0 Å². The standard InChI is InChI=1S/C21H23N3SSi/c1-14-13-22-21(25-14)24-15(2)23-19-12-17(8-11-20(19)24)16-6-9-18(10-7-16)26(3,4)5/h6-13H,1-5H3. The molecule has 5 heteroatoms. The van der Waals surface area contributed by atoms with Crippen LogP contribution in [0.25, 0.3) is 27.3 Å². The van der Waals surface area contributed by atoms with Gasteiger partial charge in [0.05, 0.1) is 19.1 Å². The molecule has 0 aliphatic heterocycles. The summed E-state index contributed by atoms with van der Waals surface area (Å²) in [6, 6.07) is 15.6. The molecule has 3 nitrogen and oxygen atoms in total. The summed E-state index contributed by atoms with van der Waals surface area (Å²) in [6.07, 6.45) is 1.92. The summed E-state index contributed by atoms with van der Waals surface area (Å²) in [5.74, 6) is 0.973. The van der Waals surface area contributed by atoms with Crippen molar-refractivity contribution in [3.8, 4) is 16.3 Å². The number of hydrogen-bond donors (Lipinski definition) is 0. The van der Waals surface area contributed by atoms with Crippen molar-refractivity contribution in [2.75, 3.05) is 0 Å². The lowest BCUT2D eigenvalue weighted by Crippen LogP contribution is -2.37. The molecule has 0 unspecified atom stereocenters. The molecule has 0 atom stereocenters. The van der Waals surface area contributed by atoms with Crippen LogP contribution in [-0.4, -0.2) is 22.6 Å². The topological polar surface area (TPSA) is 30.7 Å². The molecule has 2 aromatic heterocycles. The third-order valence-electron chi connectivity index (χ3n) is 4.71. The molecule has 4 rings (SSSR count). The van der Waals surface area contributed by atoms with Crippen LogP contribution in [0.3, 0.4) is 0 Å². The highest BCUT2D eigenvalue weighted by molar-refractivity contribution is 7.14. The minimum Gasteiger partial charge on any atom is -0.272 e. The minimum absolute atomic E-state index is 0.973. The number of nitrogens with zero attached hydrogens (tertiary/aromatic N) is 3. The molecule has 0 aliphatic rings. The number of thiazole rings is 1. The quantitative estimate of drug-likeness (QED) is 0.453. The van der Waals surface area contributed by atoms with Gasteiger partial charge < -0.3 is 0 Å². The second-order valence-electron chi connectivity index (χ2n) is 7.78. The Balaban J connectivity index is 1.77. The summed E-state index contributed by atoms with van der Waals surface area (Å²) in [5.41, 5.74) is 4.58. The first-order valence-electron chi connectivity index (χ1n) is 8.86. The molecule has 0 saturated carbocycles. The number of rotatable bonds is 3. The maximum absolute atomic E-state index is 4.78. The number of aryl methyl sites for hydroxylation is 2. The lowest BCUT2D eigenvalue weighted by Gasteiger charge is -2.16. The van der Waals surface area contributed by atoms with Gasteiger partial charge in [-0.25, -0.2) is 9.97 Å². The van der Waals surface area contributed by atoms with Gasteiger partial charge in [-0.15, -0.1) is 11.3 Å². The molecule has 26 heavy (non-hydrogen) atoms. The van der Waals surface area contributed by atoms with E-state index in [1.54, 1.807) is 11.3 Å². The molecule has 0 aliphatic carbocycles. The first-order valence-corrected chi connectivity index (χ1v) is 13.2. The minimum atomic E-state index is -1.26. The molecule has 0 N–H and O–H groups in total. The fourth-order valence-electron chi connectivity index (χ4n) is 3.23. The second-order valence-corrected chi connectivity index (χ2v) is 14.1. The zero-order chi connectivity index (χ0) is 18.5. The fourth-order valence-corrected chi connectivity index (χ4v) is 5.22. The molecule has 2 heterocycles. The Kier molecular flexibility index (Phi) is 4.08. The number of hydrogen-bond acceptors (Lipinski definition) is 3. The molecule has 0 radical (unpaired) electrons. The lowest BCUT2D eigenvalue weighted by molar-refractivity contribution is 0.985. The van der Waals surface area contributed by atoms with E-state index in [9.17, 15) is 0 Å². The lowest BCUT2D eigenvalue weighted by atomic mass is 10.1. The van der Waals surface area contributed by atoms with Crippen molar-refractivity contribution >= 4 is 35.6 Å². The van der Waals surface area contributed by atoms with Crippen LogP contribution in [0.15, 0.2) is 48.7 Å². The largest absolute Gasteiger partial charge is 0.272 e. The number of aromatic nitrogens is 3. The van der Waals surface area contributed by atoms with E-state index >= 15 is 0 Å². The van der Waals surface area contributed by atoms with Crippen LogP contribution in [0.4, 0.5) is 0 Å². The molecule has 2 aromatic carbocycles. The average molecular weight is 378 g/mol. The maximum Gasteiger partial charge on any atom is 0.195 e. The Hall–Kier alpha value is -2.24. The van der Waals surface area contributed by atoms with Gasteiger partial charge in [-0.3, -0.25) is 4.57 Å². The Morgan fingerprint density at radius 1 is 0.923 bits per heavy atom. The third kappa shape index (κ3) is 3.02. The SMILES string of the molecule is Cc1cnc(-n2c(C)nc3cc(-c4ccc([Si](C)(C)C)cc4)ccc32)s1. The summed E-state index contributed by atoms with van der Waals surface area (Å²) < 4.78 is 2.14. The van der Waals surface area contributed by atoms with Crippen molar-refractivity contribution in [3.63, 3.8) is 0 Å². The van der Waals surface area contributed by atoms with Crippen LogP contribution in [0.2, 0.25) is 19.6 Å². The molecular weight excluding hydrogens is 354 g/mol. The van der Waals surface area contributed by atoms with Gasteiger partial charge in [0.25, 0.3) is 0 Å². The highest BCUT2D eigenvalue weighted by atomic mass is 32.1. The summed E-state index contributed by atoms with van der Waals surface area (Å²) in [5, 5.41) is 2.47. The van der Waals surface area contributed by atoms with Crippen LogP contribution in [0, 0.1) is 13.8 Å². The van der Waals surface area contributed by atoms with Gasteiger partial charge in [-0.1, -0.05) is 55.2 Å². The molecule has 0 amide bonds. The van der Waals surface area contributed by atoms with Crippen molar-refractivity contribution < 1.29 is 0 Å². The van der Waals surface area contributed by atoms with Crippen molar-refractivity contribution in [1.29, 1.82) is 0 Å². The predicted molar refractivity (Wildman–Crippen MR) is 115 cm³/mol. The van der Waals surface area contributed by atoms with Gasteiger partial charge in [0.2, 0.25) is 0 Å². The Bertz CT molecular complexity index is 1080. The zero-order valence-corrected chi connectivity index (χ0v) is 17.7. The van der Waals surface area contributed by atoms with E-state index in [-0.39, 0.29) is 0 Å². The first-order chi connectivity index (χ1) is 12.3. The third-order valence-corrected chi connectivity index (χ3v) is 7.67. The van der Waals surface area contributed by atoms with Crippen LogP contribution >= 0.6 is 11.3 Å². The maximum atomic E-state index is 4.78. The van der Waals surface area contributed by atoms with E-state index in [1.165, 1.54) is 21.2 Å². The monoisotopic (exact) mass is 377 g/mol. The number of fused-ring (bicyclic) bond motifs is 1. The van der Waals surface area contributed by atoms with Crippen LogP contribution < -0.4 is 5.19 Å². The van der Waals surface area contributed by atoms with Gasteiger partial charge in [-0.05, 0) is 37.1 Å². The summed E-state index contributed by atoms with van der Waals surface area (Å²) in [6.45, 7) is 11.3. The summed E-state index contributed by atoms with van der Waals surface area (Å²) in [4.78, 5) is 10.5. The summed E-state index contributed by atoms with van der Waals surface area (Å²) in [7, 11) is -1.26. The fraction of sp³-hybridized carbons (Fsp3) is 0.238. The van der Waals surface area contributed by atoms with Crippen molar-refractivity contribution in [2.45, 2.75) is 33.5 Å². The molecule has 0 bridgehead atoms. The van der Waals surface area contributed by atoms with E-state index in [0.717, 1.165) is 22.0 Å². The predicted octanol–water partition coefficient (Wildman–Crippen LogP) is 5.31. The van der Waals surface area contributed by atoms with E-state index in [4.69, 9.17) is 4.98 Å². The van der Waals surface area contributed by atoms with Crippen LogP contribution in [0.5, 0.6) is 0 Å². The number of imidazole rings is 1. The molecular formula is C21H23N3SSi. The zero-order valence-electron chi connectivity index (χ0n) is 15.9. The van der Waals surface area contributed by atoms with E-state index in [2.05, 4.69) is 78.6 Å². The highest BCUT2D eigenvalue weighted by Gasteiger charge is 2.16. The highest BCUT2D eigenvalue weighted by Crippen LogP contribution is 2.28. The first kappa shape index (κ1) is 17.2. The van der Waals surface area contributed by atoms with Crippen molar-refractivity contribution in [1.82, 2.24) is 14.5 Å². The van der Waals surface area contributed by atoms with Crippen molar-refractivity contribution in [2.24, 2.45) is 0 Å². The summed E-state index contributed by atoms with van der Waals surface area (Å²) >= 11 is 1.69. The molecule has 0 saturated heterocycles. The average Bonchev–Trinajstić information content (AvgIpc) is 3.15. The second kappa shape index (κ2) is 6.18. The number of benzene rings is 2. The molecule has 4 aromatic rings. The molecule has 132 valence electrons. The van der Waals surface area contributed by atoms with Gasteiger partial charge >= 0.3 is 0 Å². The Labute approximate surface area is 159 Å². The van der Waals surface area contributed by atoms with Crippen molar-refractivity contribution in [3.05, 3.63) is 59.4 Å². The van der Waals surface area contributed by atoms with E-state index in [0.29, 0.717) is 0 Å². The van der Waals surface area contributed by atoms with Gasteiger partial charge in [0, 0.05) is 11.1 Å². The van der Waals surface area contributed by atoms with E-state index in [1.807, 2.05) is 13.1 Å². The molecule has 0 spiro atoms. The Morgan fingerprint density at radius 3 is 2.23 bits per heavy atom. The Morgan fingerprint density at radius 2 is 1.62 bits per heavy atom. The normalized spacial score (nSPS) is 12.0. The smallest absolute Gasteiger partial charge is 0.195 e. The van der Waals surface area contributed by atoms with Crippen LogP contribution in [0.1, 0.15) is 10.7 Å².